The Morgan fingerprint density at radius 1 is 1.26 bits per heavy atom. The maximum absolute atomic E-state index is 12.2. The van der Waals surface area contributed by atoms with Crippen LogP contribution in [0.25, 0.3) is 0 Å². The van der Waals surface area contributed by atoms with Gasteiger partial charge < -0.3 is 5.32 Å². The highest BCUT2D eigenvalue weighted by Crippen LogP contribution is 2.20. The number of nitrogens with one attached hydrogen (secondary N) is 1. The van der Waals surface area contributed by atoms with E-state index >= 15 is 0 Å². The predicted octanol–water partition coefficient (Wildman–Crippen LogP) is 3.11. The Labute approximate surface area is 116 Å². The van der Waals surface area contributed by atoms with Crippen molar-refractivity contribution in [1.29, 1.82) is 0 Å². The zero-order valence-electron chi connectivity index (χ0n) is 12.4. The van der Waals surface area contributed by atoms with Crippen LogP contribution in [0.15, 0.2) is 12.1 Å². The van der Waals surface area contributed by atoms with Gasteiger partial charge in [-0.15, -0.1) is 0 Å². The predicted molar refractivity (Wildman–Crippen MR) is 79.6 cm³/mol. The lowest BCUT2D eigenvalue weighted by molar-refractivity contribution is -0.119. The molecule has 0 saturated carbocycles. The molecule has 2 heteroatoms. The zero-order chi connectivity index (χ0) is 13.8. The van der Waals surface area contributed by atoms with Crippen LogP contribution in [0.4, 0.5) is 0 Å². The van der Waals surface area contributed by atoms with Crippen LogP contribution in [0.2, 0.25) is 0 Å². The number of ketones is 1. The second-order valence-corrected chi connectivity index (χ2v) is 6.01. The Balaban J connectivity index is 1.98. The van der Waals surface area contributed by atoms with Crippen LogP contribution in [0.3, 0.4) is 0 Å². The largest absolute Gasteiger partial charge is 0.316 e. The van der Waals surface area contributed by atoms with Crippen LogP contribution in [-0.2, 0) is 11.2 Å². The molecule has 0 bridgehead atoms. The standard InChI is InChI=1S/C17H25NO/c1-12-7-13(2)17(14(3)8-12)10-16(19)9-15-5-4-6-18-11-15/h7-8,15,18H,4-6,9-11H2,1-3H3. The van der Waals surface area contributed by atoms with Gasteiger partial charge in [-0.25, -0.2) is 0 Å². The van der Waals surface area contributed by atoms with E-state index < -0.39 is 0 Å². The fourth-order valence-electron chi connectivity index (χ4n) is 3.18. The van der Waals surface area contributed by atoms with Crippen molar-refractivity contribution in [2.45, 2.75) is 46.5 Å². The maximum atomic E-state index is 12.2. The molecule has 1 aromatic rings. The summed E-state index contributed by atoms with van der Waals surface area (Å²) in [6.07, 6.45) is 3.75. The summed E-state index contributed by atoms with van der Waals surface area (Å²) in [6.45, 7) is 8.47. The van der Waals surface area contributed by atoms with Gasteiger partial charge in [0.2, 0.25) is 0 Å². The van der Waals surface area contributed by atoms with Crippen molar-refractivity contribution in [3.63, 3.8) is 0 Å². The van der Waals surface area contributed by atoms with Gasteiger partial charge in [-0.2, -0.15) is 0 Å². The van der Waals surface area contributed by atoms with E-state index in [1.54, 1.807) is 0 Å². The van der Waals surface area contributed by atoms with Gasteiger partial charge in [0.05, 0.1) is 0 Å². The summed E-state index contributed by atoms with van der Waals surface area (Å²) in [4.78, 5) is 12.2. The lowest BCUT2D eigenvalue weighted by atomic mass is 9.90. The van der Waals surface area contributed by atoms with Gasteiger partial charge in [0.15, 0.2) is 0 Å². The van der Waals surface area contributed by atoms with E-state index in [2.05, 4.69) is 38.2 Å². The number of aryl methyl sites for hydroxylation is 3. The van der Waals surface area contributed by atoms with E-state index in [9.17, 15) is 4.79 Å². The fourth-order valence-corrected chi connectivity index (χ4v) is 3.18. The summed E-state index contributed by atoms with van der Waals surface area (Å²) in [5.74, 6) is 0.941. The van der Waals surface area contributed by atoms with Crippen LogP contribution in [0, 0.1) is 26.7 Å². The van der Waals surface area contributed by atoms with Gasteiger partial charge in [-0.05, 0) is 69.3 Å². The molecule has 1 aliphatic heterocycles. The number of carbonyl (C=O) groups excluding carboxylic acids is 1. The monoisotopic (exact) mass is 259 g/mol. The molecule has 1 fully saturated rings. The molecule has 0 amide bonds. The van der Waals surface area contributed by atoms with Crippen molar-refractivity contribution < 1.29 is 4.79 Å². The van der Waals surface area contributed by atoms with E-state index in [4.69, 9.17) is 0 Å². The van der Waals surface area contributed by atoms with Gasteiger partial charge >= 0.3 is 0 Å². The molecule has 1 aromatic carbocycles. The average molecular weight is 259 g/mol. The number of carbonyl (C=O) groups is 1. The third kappa shape index (κ3) is 3.90. The zero-order valence-corrected chi connectivity index (χ0v) is 12.4. The average Bonchev–Trinajstić information content (AvgIpc) is 2.35. The van der Waals surface area contributed by atoms with Gasteiger partial charge in [-0.1, -0.05) is 17.7 Å². The van der Waals surface area contributed by atoms with Crippen molar-refractivity contribution in [3.05, 3.63) is 34.4 Å². The van der Waals surface area contributed by atoms with E-state index in [1.807, 2.05) is 0 Å². The summed E-state index contributed by atoms with van der Waals surface area (Å²) in [6, 6.07) is 4.36. The number of hydrogen-bond acceptors (Lipinski definition) is 2. The Kier molecular flexibility index (Phi) is 4.76. The highest BCUT2D eigenvalue weighted by atomic mass is 16.1. The summed E-state index contributed by atoms with van der Waals surface area (Å²) in [5.41, 5.74) is 5.03. The molecule has 1 saturated heterocycles. The quantitative estimate of drug-likeness (QED) is 0.900. The van der Waals surface area contributed by atoms with Gasteiger partial charge in [0.1, 0.15) is 5.78 Å². The van der Waals surface area contributed by atoms with E-state index in [-0.39, 0.29) is 0 Å². The number of piperidine rings is 1. The maximum Gasteiger partial charge on any atom is 0.137 e. The Morgan fingerprint density at radius 2 is 1.95 bits per heavy atom. The van der Waals surface area contributed by atoms with Crippen molar-refractivity contribution >= 4 is 5.78 Å². The first kappa shape index (κ1) is 14.3. The lowest BCUT2D eigenvalue weighted by Crippen LogP contribution is -2.31. The minimum absolute atomic E-state index is 0.392. The van der Waals surface area contributed by atoms with Crippen molar-refractivity contribution in [2.75, 3.05) is 13.1 Å². The summed E-state index contributed by atoms with van der Waals surface area (Å²) in [7, 11) is 0. The van der Waals surface area contributed by atoms with Crippen LogP contribution < -0.4 is 5.32 Å². The Hall–Kier alpha value is -1.15. The number of hydrogen-bond donors (Lipinski definition) is 1. The molecule has 0 spiro atoms. The first-order valence-corrected chi connectivity index (χ1v) is 7.35. The molecular weight excluding hydrogens is 234 g/mol. The number of Topliss-reactive ketones (excluding diaryl/α,β-unsaturated/α-hetero) is 1. The summed E-state index contributed by atoms with van der Waals surface area (Å²) >= 11 is 0. The van der Waals surface area contributed by atoms with Crippen LogP contribution >= 0.6 is 0 Å². The third-order valence-corrected chi connectivity index (χ3v) is 4.13. The fraction of sp³-hybridized carbons (Fsp3) is 0.588. The molecule has 0 aromatic heterocycles. The molecule has 1 N–H and O–H groups in total. The summed E-state index contributed by atoms with van der Waals surface area (Å²) in [5, 5.41) is 3.38. The van der Waals surface area contributed by atoms with Crippen LogP contribution in [-0.4, -0.2) is 18.9 Å². The van der Waals surface area contributed by atoms with Crippen molar-refractivity contribution in [1.82, 2.24) is 5.32 Å². The normalized spacial score (nSPS) is 19.4. The topological polar surface area (TPSA) is 29.1 Å². The molecular formula is C17H25NO. The highest BCUT2D eigenvalue weighted by Gasteiger charge is 2.18. The second-order valence-electron chi connectivity index (χ2n) is 6.01. The molecule has 1 unspecified atom stereocenters. The van der Waals surface area contributed by atoms with Gasteiger partial charge in [-0.3, -0.25) is 4.79 Å². The molecule has 0 radical (unpaired) electrons. The van der Waals surface area contributed by atoms with E-state index in [0.717, 1.165) is 19.5 Å². The molecule has 2 nitrogen and oxygen atoms in total. The van der Waals surface area contributed by atoms with E-state index in [1.165, 1.54) is 35.1 Å². The van der Waals surface area contributed by atoms with Gasteiger partial charge in [0, 0.05) is 12.8 Å². The molecule has 0 aliphatic carbocycles. The van der Waals surface area contributed by atoms with E-state index in [0.29, 0.717) is 18.1 Å². The molecule has 1 heterocycles. The highest BCUT2D eigenvalue weighted by molar-refractivity contribution is 5.81. The molecule has 1 aliphatic rings. The smallest absolute Gasteiger partial charge is 0.137 e. The number of benzene rings is 1. The lowest BCUT2D eigenvalue weighted by Gasteiger charge is -2.22. The molecule has 1 atom stereocenters. The van der Waals surface area contributed by atoms with Crippen molar-refractivity contribution in [3.8, 4) is 0 Å². The second kappa shape index (κ2) is 6.33. The molecule has 104 valence electrons. The van der Waals surface area contributed by atoms with Crippen LogP contribution in [0.1, 0.15) is 41.5 Å². The van der Waals surface area contributed by atoms with Gasteiger partial charge in [0.25, 0.3) is 0 Å². The Morgan fingerprint density at radius 3 is 2.53 bits per heavy atom. The van der Waals surface area contributed by atoms with Crippen molar-refractivity contribution in [2.24, 2.45) is 5.92 Å². The minimum Gasteiger partial charge on any atom is -0.316 e. The molecule has 2 rings (SSSR count). The number of rotatable bonds is 4. The van der Waals surface area contributed by atoms with Crippen LogP contribution in [0.5, 0.6) is 0 Å². The molecule has 19 heavy (non-hydrogen) atoms. The minimum atomic E-state index is 0.392. The Bertz CT molecular complexity index is 435. The summed E-state index contributed by atoms with van der Waals surface area (Å²) < 4.78 is 0. The SMILES string of the molecule is Cc1cc(C)c(CC(=O)CC2CCCNC2)c(C)c1. The first-order chi connectivity index (χ1) is 9.06. The third-order valence-electron chi connectivity index (χ3n) is 4.13. The first-order valence-electron chi connectivity index (χ1n) is 7.35.